The number of hydrogen-bond acceptors (Lipinski definition) is 3. The van der Waals surface area contributed by atoms with Crippen LogP contribution in [0.2, 0.25) is 0 Å². The molecular formula is C12H21N3O2. The fraction of sp³-hybridized carbons (Fsp3) is 0.833. The molecule has 0 aromatic carbocycles. The molecule has 2 fully saturated rings. The Bertz CT molecular complexity index is 302. The quantitative estimate of drug-likeness (QED) is 0.672. The van der Waals surface area contributed by atoms with Crippen molar-refractivity contribution in [1.29, 1.82) is 0 Å². The summed E-state index contributed by atoms with van der Waals surface area (Å²) in [5, 5.41) is 5.42. The van der Waals surface area contributed by atoms with E-state index in [0.717, 1.165) is 32.4 Å². The molecule has 2 N–H and O–H groups in total. The van der Waals surface area contributed by atoms with E-state index in [9.17, 15) is 9.59 Å². The predicted octanol–water partition coefficient (Wildman–Crippen LogP) is -0.134. The van der Waals surface area contributed by atoms with Gasteiger partial charge in [-0.15, -0.1) is 0 Å². The van der Waals surface area contributed by atoms with Crippen LogP contribution in [-0.4, -0.2) is 48.4 Å². The molecule has 1 aliphatic heterocycles. The highest BCUT2D eigenvalue weighted by Crippen LogP contribution is 2.18. The van der Waals surface area contributed by atoms with Crippen LogP contribution in [0, 0.1) is 0 Å². The van der Waals surface area contributed by atoms with Gasteiger partial charge < -0.3 is 10.6 Å². The molecule has 2 aliphatic rings. The molecule has 0 bridgehead atoms. The molecule has 0 unspecified atom stereocenters. The first-order valence-electron chi connectivity index (χ1n) is 6.53. The Morgan fingerprint density at radius 3 is 2.65 bits per heavy atom. The summed E-state index contributed by atoms with van der Waals surface area (Å²) in [5.74, 6) is -0.964. The van der Waals surface area contributed by atoms with Gasteiger partial charge >= 0.3 is 11.8 Å². The van der Waals surface area contributed by atoms with Crippen molar-refractivity contribution in [3.05, 3.63) is 0 Å². The van der Waals surface area contributed by atoms with Crippen LogP contribution in [0.5, 0.6) is 0 Å². The summed E-state index contributed by atoms with van der Waals surface area (Å²) in [6, 6.07) is 0.643. The summed E-state index contributed by atoms with van der Waals surface area (Å²) in [6.07, 6.45) is 4.30. The van der Waals surface area contributed by atoms with Crippen LogP contribution < -0.4 is 10.6 Å². The van der Waals surface area contributed by atoms with Gasteiger partial charge in [-0.2, -0.15) is 0 Å². The molecule has 17 heavy (non-hydrogen) atoms. The lowest BCUT2D eigenvalue weighted by atomic mass is 10.2. The molecule has 2 amide bonds. The Morgan fingerprint density at radius 2 is 2.00 bits per heavy atom. The maximum Gasteiger partial charge on any atom is 0.309 e. The predicted molar refractivity (Wildman–Crippen MR) is 64.4 cm³/mol. The monoisotopic (exact) mass is 239 g/mol. The Morgan fingerprint density at radius 1 is 1.24 bits per heavy atom. The molecule has 96 valence electrons. The van der Waals surface area contributed by atoms with E-state index in [1.54, 1.807) is 0 Å². The molecule has 1 atom stereocenters. The SMILES string of the molecule is CCN1CCC[C@H]1CNC(=O)C(=O)NC1CC1. The highest BCUT2D eigenvalue weighted by Gasteiger charge is 2.28. The van der Waals surface area contributed by atoms with Crippen LogP contribution in [0.3, 0.4) is 0 Å². The third-order valence-corrected chi connectivity index (χ3v) is 3.52. The number of likely N-dealkylation sites (tertiary alicyclic amines) is 1. The summed E-state index contributed by atoms with van der Waals surface area (Å²) in [6.45, 7) is 4.82. The zero-order valence-electron chi connectivity index (χ0n) is 10.4. The second kappa shape index (κ2) is 5.49. The average Bonchev–Trinajstić information content (AvgIpc) is 3.02. The fourth-order valence-electron chi connectivity index (χ4n) is 2.31. The summed E-state index contributed by atoms with van der Waals surface area (Å²) in [4.78, 5) is 25.3. The summed E-state index contributed by atoms with van der Waals surface area (Å²) in [5.41, 5.74) is 0. The lowest BCUT2D eigenvalue weighted by molar-refractivity contribution is -0.139. The second-order valence-electron chi connectivity index (χ2n) is 4.88. The first-order chi connectivity index (χ1) is 8.20. The Balaban J connectivity index is 1.69. The standard InChI is InChI=1S/C12H21N3O2/c1-2-15-7-3-4-10(15)8-13-11(16)12(17)14-9-5-6-9/h9-10H,2-8H2,1H3,(H,13,16)(H,14,17)/t10-/m0/s1. The molecule has 1 heterocycles. The smallest absolute Gasteiger partial charge is 0.309 e. The molecular weight excluding hydrogens is 218 g/mol. The molecule has 0 aromatic heterocycles. The third-order valence-electron chi connectivity index (χ3n) is 3.52. The number of nitrogens with zero attached hydrogens (tertiary/aromatic N) is 1. The van der Waals surface area contributed by atoms with Gasteiger partial charge in [0.2, 0.25) is 0 Å². The maximum atomic E-state index is 11.5. The molecule has 1 aliphatic carbocycles. The number of carbonyl (C=O) groups is 2. The molecule has 0 radical (unpaired) electrons. The van der Waals surface area contributed by atoms with Crippen LogP contribution in [0.25, 0.3) is 0 Å². The maximum absolute atomic E-state index is 11.5. The topological polar surface area (TPSA) is 61.4 Å². The number of nitrogens with one attached hydrogen (secondary N) is 2. The van der Waals surface area contributed by atoms with E-state index in [0.29, 0.717) is 12.6 Å². The van der Waals surface area contributed by atoms with E-state index < -0.39 is 11.8 Å². The Hall–Kier alpha value is -1.10. The van der Waals surface area contributed by atoms with Crippen LogP contribution >= 0.6 is 0 Å². The number of likely N-dealkylation sites (N-methyl/N-ethyl adjacent to an activating group) is 1. The van der Waals surface area contributed by atoms with Crippen molar-refractivity contribution in [3.8, 4) is 0 Å². The molecule has 5 nitrogen and oxygen atoms in total. The van der Waals surface area contributed by atoms with Crippen molar-refractivity contribution in [2.24, 2.45) is 0 Å². The van der Waals surface area contributed by atoms with E-state index in [1.807, 2.05) is 0 Å². The van der Waals surface area contributed by atoms with Gasteiger partial charge in [-0.25, -0.2) is 0 Å². The second-order valence-corrected chi connectivity index (χ2v) is 4.88. The van der Waals surface area contributed by atoms with Gasteiger partial charge in [-0.1, -0.05) is 6.92 Å². The van der Waals surface area contributed by atoms with E-state index in [-0.39, 0.29) is 6.04 Å². The van der Waals surface area contributed by atoms with E-state index in [2.05, 4.69) is 22.5 Å². The normalized spacial score (nSPS) is 24.6. The lowest BCUT2D eigenvalue weighted by Crippen LogP contribution is -2.46. The molecule has 0 aromatic rings. The highest BCUT2D eigenvalue weighted by molar-refractivity contribution is 6.35. The van der Waals surface area contributed by atoms with Gasteiger partial charge in [0, 0.05) is 18.6 Å². The van der Waals surface area contributed by atoms with Crippen molar-refractivity contribution >= 4 is 11.8 Å². The Labute approximate surface area is 102 Å². The van der Waals surface area contributed by atoms with Crippen LogP contribution in [-0.2, 0) is 9.59 Å². The Kier molecular flexibility index (Phi) is 3.99. The minimum atomic E-state index is -0.486. The average molecular weight is 239 g/mol. The number of amides is 2. The summed E-state index contributed by atoms with van der Waals surface area (Å²) >= 11 is 0. The van der Waals surface area contributed by atoms with Crippen LogP contribution in [0.15, 0.2) is 0 Å². The summed E-state index contributed by atoms with van der Waals surface area (Å²) in [7, 11) is 0. The largest absolute Gasteiger partial charge is 0.346 e. The van der Waals surface area contributed by atoms with Crippen molar-refractivity contribution < 1.29 is 9.59 Å². The zero-order valence-corrected chi connectivity index (χ0v) is 10.4. The minimum absolute atomic E-state index is 0.242. The molecule has 2 rings (SSSR count). The number of hydrogen-bond donors (Lipinski definition) is 2. The van der Waals surface area contributed by atoms with Gasteiger partial charge in [0.25, 0.3) is 0 Å². The highest BCUT2D eigenvalue weighted by atomic mass is 16.2. The van der Waals surface area contributed by atoms with Crippen molar-refractivity contribution in [3.63, 3.8) is 0 Å². The summed E-state index contributed by atoms with van der Waals surface area (Å²) < 4.78 is 0. The van der Waals surface area contributed by atoms with Crippen molar-refractivity contribution in [2.75, 3.05) is 19.6 Å². The number of rotatable bonds is 4. The zero-order chi connectivity index (χ0) is 12.3. The first kappa shape index (κ1) is 12.4. The first-order valence-corrected chi connectivity index (χ1v) is 6.53. The van der Waals surface area contributed by atoms with Gasteiger partial charge in [0.05, 0.1) is 0 Å². The van der Waals surface area contributed by atoms with Gasteiger partial charge in [0.15, 0.2) is 0 Å². The van der Waals surface area contributed by atoms with Crippen LogP contribution in [0.4, 0.5) is 0 Å². The number of carbonyl (C=O) groups excluding carboxylic acids is 2. The van der Waals surface area contributed by atoms with E-state index in [4.69, 9.17) is 0 Å². The molecule has 1 saturated carbocycles. The molecule has 0 spiro atoms. The van der Waals surface area contributed by atoms with Gasteiger partial charge in [0.1, 0.15) is 0 Å². The van der Waals surface area contributed by atoms with Crippen molar-refractivity contribution in [1.82, 2.24) is 15.5 Å². The lowest BCUT2D eigenvalue weighted by Gasteiger charge is -2.22. The van der Waals surface area contributed by atoms with Crippen molar-refractivity contribution in [2.45, 2.75) is 44.7 Å². The van der Waals surface area contributed by atoms with Crippen LogP contribution in [0.1, 0.15) is 32.6 Å². The van der Waals surface area contributed by atoms with Gasteiger partial charge in [-0.3, -0.25) is 14.5 Å². The molecule has 1 saturated heterocycles. The van der Waals surface area contributed by atoms with E-state index in [1.165, 1.54) is 6.42 Å². The minimum Gasteiger partial charge on any atom is -0.346 e. The van der Waals surface area contributed by atoms with Gasteiger partial charge in [-0.05, 0) is 38.8 Å². The molecule has 5 heteroatoms. The fourth-order valence-corrected chi connectivity index (χ4v) is 2.31. The van der Waals surface area contributed by atoms with E-state index >= 15 is 0 Å². The third kappa shape index (κ3) is 3.43.